The number of nitrogens with zero attached hydrogens (tertiary/aromatic N) is 1. The molecule has 2 aromatic rings. The molecule has 102 valence electrons. The van der Waals surface area contributed by atoms with Gasteiger partial charge in [0, 0.05) is 18.3 Å². The molecular weight excluding hydrogens is 234 g/mol. The number of aromatic nitrogens is 2. The average molecular weight is 257 g/mol. The van der Waals surface area contributed by atoms with Crippen LogP contribution in [0.2, 0.25) is 0 Å². The molecule has 3 heteroatoms. The Hall–Kier alpha value is -1.61. The molecule has 0 fully saturated rings. The molecule has 1 unspecified atom stereocenters. The first-order chi connectivity index (χ1) is 9.08. The van der Waals surface area contributed by atoms with Gasteiger partial charge in [-0.2, -0.15) is 0 Å². The lowest BCUT2D eigenvalue weighted by Crippen LogP contribution is -2.18. The molecule has 2 rings (SSSR count). The van der Waals surface area contributed by atoms with Gasteiger partial charge in [0.15, 0.2) is 0 Å². The third-order valence-electron chi connectivity index (χ3n) is 3.61. The van der Waals surface area contributed by atoms with Crippen molar-refractivity contribution in [2.75, 3.05) is 0 Å². The van der Waals surface area contributed by atoms with Crippen LogP contribution in [0.5, 0.6) is 0 Å². The number of nitrogens with one attached hydrogen (secondary N) is 2. The zero-order chi connectivity index (χ0) is 13.8. The van der Waals surface area contributed by atoms with Crippen LogP contribution < -0.4 is 5.32 Å². The van der Waals surface area contributed by atoms with Gasteiger partial charge < -0.3 is 10.3 Å². The molecule has 1 heterocycles. The Morgan fingerprint density at radius 3 is 2.26 bits per heavy atom. The highest BCUT2D eigenvalue weighted by molar-refractivity contribution is 5.26. The van der Waals surface area contributed by atoms with Gasteiger partial charge in [-0.1, -0.05) is 38.1 Å². The second kappa shape index (κ2) is 6.02. The van der Waals surface area contributed by atoms with Crippen molar-refractivity contribution in [3.8, 4) is 0 Å². The van der Waals surface area contributed by atoms with Gasteiger partial charge in [0.25, 0.3) is 0 Å². The summed E-state index contributed by atoms with van der Waals surface area (Å²) in [6.07, 6.45) is 1.74. The fourth-order valence-corrected chi connectivity index (χ4v) is 2.10. The van der Waals surface area contributed by atoms with Crippen molar-refractivity contribution >= 4 is 0 Å². The third kappa shape index (κ3) is 3.44. The molecule has 0 saturated carbocycles. The van der Waals surface area contributed by atoms with Crippen LogP contribution >= 0.6 is 0 Å². The van der Waals surface area contributed by atoms with Crippen molar-refractivity contribution in [1.29, 1.82) is 0 Å². The minimum absolute atomic E-state index is 0.331. The number of aryl methyl sites for hydroxylation is 1. The van der Waals surface area contributed by atoms with Crippen molar-refractivity contribution in [2.24, 2.45) is 0 Å². The number of rotatable bonds is 5. The monoisotopic (exact) mass is 257 g/mol. The average Bonchev–Trinajstić information content (AvgIpc) is 2.81. The molecule has 0 aliphatic carbocycles. The van der Waals surface area contributed by atoms with E-state index >= 15 is 0 Å². The topological polar surface area (TPSA) is 40.7 Å². The van der Waals surface area contributed by atoms with E-state index in [0.717, 1.165) is 17.9 Å². The highest BCUT2D eigenvalue weighted by Gasteiger charge is 2.07. The molecule has 1 aromatic carbocycles. The van der Waals surface area contributed by atoms with Gasteiger partial charge in [0.2, 0.25) is 0 Å². The Morgan fingerprint density at radius 2 is 1.74 bits per heavy atom. The van der Waals surface area contributed by atoms with E-state index < -0.39 is 0 Å². The maximum atomic E-state index is 4.30. The molecule has 0 spiro atoms. The maximum Gasteiger partial charge on any atom is 0.0925 e. The predicted molar refractivity (Wildman–Crippen MR) is 79.1 cm³/mol. The van der Waals surface area contributed by atoms with Gasteiger partial charge in [0.1, 0.15) is 0 Å². The van der Waals surface area contributed by atoms with E-state index in [1.807, 2.05) is 6.92 Å². The minimum Gasteiger partial charge on any atom is -0.348 e. The Labute approximate surface area is 115 Å². The first kappa shape index (κ1) is 13.8. The molecule has 1 atom stereocenters. The first-order valence-electron chi connectivity index (χ1n) is 6.90. The Kier molecular flexibility index (Phi) is 4.38. The third-order valence-corrected chi connectivity index (χ3v) is 3.61. The second-order valence-electron chi connectivity index (χ2n) is 5.40. The summed E-state index contributed by atoms with van der Waals surface area (Å²) < 4.78 is 0. The molecule has 19 heavy (non-hydrogen) atoms. The predicted octanol–water partition coefficient (Wildman–Crippen LogP) is 3.69. The van der Waals surface area contributed by atoms with Crippen LogP contribution in [0.15, 0.2) is 30.6 Å². The second-order valence-corrected chi connectivity index (χ2v) is 5.40. The minimum atomic E-state index is 0.331. The fraction of sp³-hybridized carbons (Fsp3) is 0.438. The van der Waals surface area contributed by atoms with Gasteiger partial charge in [0.05, 0.1) is 12.0 Å². The van der Waals surface area contributed by atoms with Crippen LogP contribution in [0.3, 0.4) is 0 Å². The number of imidazole rings is 1. The van der Waals surface area contributed by atoms with E-state index in [-0.39, 0.29) is 0 Å². The largest absolute Gasteiger partial charge is 0.348 e. The highest BCUT2D eigenvalue weighted by atomic mass is 15.0. The number of hydrogen-bond donors (Lipinski definition) is 2. The standard InChI is InChI=1S/C16H23N3/c1-11(2)14-5-7-15(8-6-14)12(3)17-9-16-13(4)18-10-19-16/h5-8,10-12,17H,9H2,1-4H3,(H,18,19). The summed E-state index contributed by atoms with van der Waals surface area (Å²) in [5.74, 6) is 0.587. The molecule has 3 nitrogen and oxygen atoms in total. The molecule has 0 saturated heterocycles. The SMILES string of the molecule is Cc1[nH]cnc1CNC(C)c1ccc(C(C)C)cc1. The van der Waals surface area contributed by atoms with Crippen LogP contribution in [0.1, 0.15) is 55.2 Å². The van der Waals surface area contributed by atoms with Crippen LogP contribution in [0.25, 0.3) is 0 Å². The summed E-state index contributed by atoms with van der Waals surface area (Å²) in [7, 11) is 0. The number of benzene rings is 1. The fourth-order valence-electron chi connectivity index (χ4n) is 2.10. The number of aromatic amines is 1. The number of hydrogen-bond acceptors (Lipinski definition) is 2. The zero-order valence-corrected chi connectivity index (χ0v) is 12.2. The summed E-state index contributed by atoms with van der Waals surface area (Å²) in [5.41, 5.74) is 4.93. The summed E-state index contributed by atoms with van der Waals surface area (Å²) >= 11 is 0. The zero-order valence-electron chi connectivity index (χ0n) is 12.2. The van der Waals surface area contributed by atoms with Crippen LogP contribution in [-0.2, 0) is 6.54 Å². The van der Waals surface area contributed by atoms with Crippen LogP contribution in [0, 0.1) is 6.92 Å². The van der Waals surface area contributed by atoms with E-state index in [9.17, 15) is 0 Å². The molecule has 0 amide bonds. The van der Waals surface area contributed by atoms with E-state index in [4.69, 9.17) is 0 Å². The molecular formula is C16H23N3. The quantitative estimate of drug-likeness (QED) is 0.857. The van der Waals surface area contributed by atoms with Crippen LogP contribution in [-0.4, -0.2) is 9.97 Å². The Morgan fingerprint density at radius 1 is 1.11 bits per heavy atom. The highest BCUT2D eigenvalue weighted by Crippen LogP contribution is 2.18. The summed E-state index contributed by atoms with van der Waals surface area (Å²) in [5, 5.41) is 3.51. The summed E-state index contributed by atoms with van der Waals surface area (Å²) in [4.78, 5) is 7.40. The van der Waals surface area contributed by atoms with Gasteiger partial charge in [-0.25, -0.2) is 4.98 Å². The van der Waals surface area contributed by atoms with Crippen molar-refractivity contribution in [1.82, 2.24) is 15.3 Å². The van der Waals surface area contributed by atoms with E-state index in [0.29, 0.717) is 12.0 Å². The molecule has 0 bridgehead atoms. The summed E-state index contributed by atoms with van der Waals surface area (Å²) in [6, 6.07) is 9.20. The maximum absolute atomic E-state index is 4.30. The van der Waals surface area contributed by atoms with E-state index in [2.05, 4.69) is 60.3 Å². The van der Waals surface area contributed by atoms with E-state index in [1.165, 1.54) is 11.1 Å². The lowest BCUT2D eigenvalue weighted by Gasteiger charge is -2.15. The van der Waals surface area contributed by atoms with Gasteiger partial charge >= 0.3 is 0 Å². The number of H-pyrrole nitrogens is 1. The lowest BCUT2D eigenvalue weighted by molar-refractivity contribution is 0.567. The van der Waals surface area contributed by atoms with Crippen molar-refractivity contribution in [2.45, 2.75) is 46.2 Å². The molecule has 1 aromatic heterocycles. The van der Waals surface area contributed by atoms with Gasteiger partial charge in [-0.3, -0.25) is 0 Å². The smallest absolute Gasteiger partial charge is 0.0925 e. The normalized spacial score (nSPS) is 12.9. The van der Waals surface area contributed by atoms with Crippen molar-refractivity contribution in [3.63, 3.8) is 0 Å². The Balaban J connectivity index is 1.96. The Bertz CT molecular complexity index is 511. The molecule has 2 N–H and O–H groups in total. The molecule has 0 radical (unpaired) electrons. The molecule has 0 aliphatic heterocycles. The van der Waals surface area contributed by atoms with E-state index in [1.54, 1.807) is 6.33 Å². The first-order valence-corrected chi connectivity index (χ1v) is 6.90. The summed E-state index contributed by atoms with van der Waals surface area (Å²) in [6.45, 7) is 9.47. The lowest BCUT2D eigenvalue weighted by atomic mass is 9.99. The van der Waals surface area contributed by atoms with Crippen molar-refractivity contribution in [3.05, 3.63) is 53.1 Å². The van der Waals surface area contributed by atoms with Crippen molar-refractivity contribution < 1.29 is 0 Å². The van der Waals surface area contributed by atoms with Crippen LogP contribution in [0.4, 0.5) is 0 Å². The molecule has 0 aliphatic rings. The van der Waals surface area contributed by atoms with Gasteiger partial charge in [-0.15, -0.1) is 0 Å². The van der Waals surface area contributed by atoms with Gasteiger partial charge in [-0.05, 0) is 30.9 Å².